The molecule has 0 aliphatic heterocycles. The monoisotopic (exact) mass is 155 g/mol. The number of ether oxygens (including phenoxy) is 1. The van der Waals surface area contributed by atoms with Crippen molar-refractivity contribution in [1.82, 2.24) is 0 Å². The highest BCUT2D eigenvalue weighted by atomic mass is 16.5. The van der Waals surface area contributed by atoms with Crippen molar-refractivity contribution in [3.8, 4) is 0 Å². The summed E-state index contributed by atoms with van der Waals surface area (Å²) in [6.07, 6.45) is 6.80. The summed E-state index contributed by atoms with van der Waals surface area (Å²) < 4.78 is 4.74. The lowest BCUT2D eigenvalue weighted by Crippen LogP contribution is -1.99. The summed E-state index contributed by atoms with van der Waals surface area (Å²) >= 11 is 0. The minimum atomic E-state index is -0.197. The predicted octanol–water partition coefficient (Wildman–Crippen LogP) is 2.11. The molecular formula is C9H15O2. The minimum Gasteiger partial charge on any atom is -0.466 e. The van der Waals surface area contributed by atoms with E-state index in [4.69, 9.17) is 4.74 Å². The summed E-state index contributed by atoms with van der Waals surface area (Å²) in [5.41, 5.74) is 0. The first-order valence-electron chi connectivity index (χ1n) is 3.85. The van der Waals surface area contributed by atoms with E-state index in [1.165, 1.54) is 6.92 Å². The van der Waals surface area contributed by atoms with E-state index >= 15 is 0 Å². The van der Waals surface area contributed by atoms with Gasteiger partial charge in [-0.15, -0.1) is 0 Å². The fourth-order valence-electron chi connectivity index (χ4n) is 0.698. The third-order valence-electron chi connectivity index (χ3n) is 1.24. The van der Waals surface area contributed by atoms with E-state index in [1.54, 1.807) is 6.08 Å². The van der Waals surface area contributed by atoms with Gasteiger partial charge in [0, 0.05) is 6.92 Å². The van der Waals surface area contributed by atoms with Crippen LogP contribution in [0, 0.1) is 6.92 Å². The van der Waals surface area contributed by atoms with Crippen LogP contribution in [-0.2, 0) is 9.53 Å². The number of hydrogen-bond acceptors (Lipinski definition) is 2. The molecule has 0 fully saturated rings. The average molecular weight is 155 g/mol. The standard InChI is InChI=1S/C9H15O2/c1-3-4-5-6-7-8-11-9(2)10/h3-4H,1,5-8H2,2H3/b4-3+. The molecule has 0 saturated carbocycles. The van der Waals surface area contributed by atoms with Crippen LogP contribution < -0.4 is 0 Å². The van der Waals surface area contributed by atoms with Crippen LogP contribution in [-0.4, -0.2) is 12.6 Å². The van der Waals surface area contributed by atoms with Crippen molar-refractivity contribution in [3.05, 3.63) is 19.1 Å². The van der Waals surface area contributed by atoms with Gasteiger partial charge in [0.25, 0.3) is 0 Å². The molecule has 0 aromatic rings. The molecule has 0 N–H and O–H groups in total. The molecule has 63 valence electrons. The first-order chi connectivity index (χ1) is 5.27. The maximum Gasteiger partial charge on any atom is 0.302 e. The van der Waals surface area contributed by atoms with Gasteiger partial charge in [-0.3, -0.25) is 4.79 Å². The van der Waals surface area contributed by atoms with Crippen LogP contribution in [0.2, 0.25) is 0 Å². The molecule has 0 aromatic carbocycles. The predicted molar refractivity (Wildman–Crippen MR) is 45.0 cm³/mol. The molecule has 0 rings (SSSR count). The molecule has 0 aliphatic rings. The van der Waals surface area contributed by atoms with Gasteiger partial charge in [0.15, 0.2) is 0 Å². The Balaban J connectivity index is 2.96. The first kappa shape index (κ1) is 10.2. The Morgan fingerprint density at radius 2 is 2.27 bits per heavy atom. The maximum absolute atomic E-state index is 10.3. The van der Waals surface area contributed by atoms with Gasteiger partial charge >= 0.3 is 5.97 Å². The Morgan fingerprint density at radius 1 is 1.55 bits per heavy atom. The normalized spacial score (nSPS) is 10.4. The van der Waals surface area contributed by atoms with E-state index in [9.17, 15) is 4.79 Å². The molecule has 0 aliphatic carbocycles. The van der Waals surface area contributed by atoms with Crippen LogP contribution in [0.25, 0.3) is 0 Å². The fourth-order valence-corrected chi connectivity index (χ4v) is 0.698. The van der Waals surface area contributed by atoms with E-state index in [-0.39, 0.29) is 5.97 Å². The van der Waals surface area contributed by atoms with Crippen LogP contribution in [0.1, 0.15) is 26.2 Å². The van der Waals surface area contributed by atoms with Crippen LogP contribution in [0.5, 0.6) is 0 Å². The van der Waals surface area contributed by atoms with Gasteiger partial charge < -0.3 is 4.74 Å². The molecule has 0 atom stereocenters. The number of esters is 1. The van der Waals surface area contributed by atoms with Gasteiger partial charge in [0.1, 0.15) is 0 Å². The number of rotatable bonds is 5. The lowest BCUT2D eigenvalue weighted by Gasteiger charge is -1.98. The van der Waals surface area contributed by atoms with Gasteiger partial charge in [-0.05, 0) is 26.2 Å². The van der Waals surface area contributed by atoms with E-state index in [0.717, 1.165) is 19.3 Å². The second-order valence-electron chi connectivity index (χ2n) is 2.31. The van der Waals surface area contributed by atoms with Crippen molar-refractivity contribution in [2.75, 3.05) is 6.61 Å². The Bertz CT molecular complexity index is 128. The van der Waals surface area contributed by atoms with Crippen molar-refractivity contribution < 1.29 is 9.53 Å². The molecule has 0 spiro atoms. The van der Waals surface area contributed by atoms with Crippen LogP contribution in [0.4, 0.5) is 0 Å². The van der Waals surface area contributed by atoms with Gasteiger partial charge in [0.2, 0.25) is 0 Å². The number of unbranched alkanes of at least 4 members (excludes halogenated alkanes) is 2. The summed E-state index contributed by atoms with van der Waals surface area (Å²) in [5, 5.41) is 0. The van der Waals surface area contributed by atoms with Gasteiger partial charge in [-0.25, -0.2) is 0 Å². The molecule has 0 heterocycles. The summed E-state index contributed by atoms with van der Waals surface area (Å²) in [4.78, 5) is 10.3. The zero-order valence-electron chi connectivity index (χ0n) is 7.01. The van der Waals surface area contributed by atoms with Crippen molar-refractivity contribution in [1.29, 1.82) is 0 Å². The maximum atomic E-state index is 10.3. The van der Waals surface area contributed by atoms with E-state index < -0.39 is 0 Å². The summed E-state index contributed by atoms with van der Waals surface area (Å²) in [6, 6.07) is 0. The van der Waals surface area contributed by atoms with Crippen molar-refractivity contribution in [2.24, 2.45) is 0 Å². The quantitative estimate of drug-likeness (QED) is 0.449. The zero-order valence-corrected chi connectivity index (χ0v) is 7.01. The topological polar surface area (TPSA) is 26.3 Å². The average Bonchev–Trinajstić information content (AvgIpc) is 1.96. The summed E-state index contributed by atoms with van der Waals surface area (Å²) in [7, 11) is 0. The smallest absolute Gasteiger partial charge is 0.302 e. The molecule has 11 heavy (non-hydrogen) atoms. The molecule has 0 unspecified atom stereocenters. The number of allylic oxidation sites excluding steroid dienone is 2. The van der Waals surface area contributed by atoms with Gasteiger partial charge in [-0.2, -0.15) is 0 Å². The molecule has 0 aromatic heterocycles. The third kappa shape index (κ3) is 9.21. The van der Waals surface area contributed by atoms with Crippen molar-refractivity contribution >= 4 is 5.97 Å². The van der Waals surface area contributed by atoms with Crippen LogP contribution >= 0.6 is 0 Å². The molecule has 2 heteroatoms. The lowest BCUT2D eigenvalue weighted by molar-refractivity contribution is -0.141. The zero-order chi connectivity index (χ0) is 8.53. The van der Waals surface area contributed by atoms with E-state index in [1.807, 2.05) is 6.08 Å². The Morgan fingerprint density at radius 3 is 2.82 bits per heavy atom. The highest BCUT2D eigenvalue weighted by Gasteiger charge is 1.90. The summed E-state index contributed by atoms with van der Waals surface area (Å²) in [6.45, 7) is 5.53. The number of hydrogen-bond donors (Lipinski definition) is 0. The Hall–Kier alpha value is -0.790. The lowest BCUT2D eigenvalue weighted by atomic mass is 10.2. The SMILES string of the molecule is [CH2]/C=C/CCCCOC(C)=O. The molecule has 2 nitrogen and oxygen atoms in total. The highest BCUT2D eigenvalue weighted by molar-refractivity contribution is 5.65. The Kier molecular flexibility index (Phi) is 6.79. The largest absolute Gasteiger partial charge is 0.466 e. The van der Waals surface area contributed by atoms with Crippen molar-refractivity contribution in [3.63, 3.8) is 0 Å². The molecule has 0 saturated heterocycles. The number of carbonyl (C=O) groups is 1. The third-order valence-corrected chi connectivity index (χ3v) is 1.24. The molecule has 0 bridgehead atoms. The highest BCUT2D eigenvalue weighted by Crippen LogP contribution is 1.96. The molecular weight excluding hydrogens is 140 g/mol. The Labute approximate surface area is 68.2 Å². The van der Waals surface area contributed by atoms with Gasteiger partial charge in [-0.1, -0.05) is 12.2 Å². The van der Waals surface area contributed by atoms with Crippen molar-refractivity contribution in [2.45, 2.75) is 26.2 Å². The first-order valence-corrected chi connectivity index (χ1v) is 3.85. The van der Waals surface area contributed by atoms with Crippen LogP contribution in [0.3, 0.4) is 0 Å². The molecule has 1 radical (unpaired) electrons. The van der Waals surface area contributed by atoms with Crippen LogP contribution in [0.15, 0.2) is 12.2 Å². The second kappa shape index (κ2) is 7.32. The van der Waals surface area contributed by atoms with Gasteiger partial charge in [0.05, 0.1) is 6.61 Å². The minimum absolute atomic E-state index is 0.197. The van der Waals surface area contributed by atoms with E-state index in [2.05, 4.69) is 6.92 Å². The van der Waals surface area contributed by atoms with E-state index in [0.29, 0.717) is 6.61 Å². The summed E-state index contributed by atoms with van der Waals surface area (Å²) in [5.74, 6) is -0.197. The molecule has 0 amide bonds. The fraction of sp³-hybridized carbons (Fsp3) is 0.556. The second-order valence-corrected chi connectivity index (χ2v) is 2.31. The number of carbonyl (C=O) groups excluding carboxylic acids is 1.